The smallest absolute Gasteiger partial charge is 0.242 e. The maximum Gasteiger partial charge on any atom is 0.242 e. The van der Waals surface area contributed by atoms with Crippen molar-refractivity contribution in [2.45, 2.75) is 25.5 Å². The van der Waals surface area contributed by atoms with Crippen LogP contribution >= 0.6 is 11.8 Å². The van der Waals surface area contributed by atoms with Crippen LogP contribution in [0.2, 0.25) is 0 Å². The molecule has 0 N–H and O–H groups in total. The number of nitrogens with zero attached hydrogens (tertiary/aromatic N) is 1. The third-order valence-corrected chi connectivity index (χ3v) is 2.56. The predicted molar refractivity (Wildman–Crippen MR) is 51.0 cm³/mol. The van der Waals surface area contributed by atoms with Crippen LogP contribution in [0.4, 0.5) is 0 Å². The van der Waals surface area contributed by atoms with Crippen molar-refractivity contribution in [1.29, 1.82) is 0 Å². The number of carbonyl (C=O) groups excluding carboxylic acids is 2. The molecule has 1 atom stereocenters. The van der Waals surface area contributed by atoms with E-state index in [-0.39, 0.29) is 17.1 Å². The zero-order chi connectivity index (χ0) is 9.72. The van der Waals surface area contributed by atoms with E-state index in [0.29, 0.717) is 6.42 Å². The largest absolute Gasteiger partial charge is 0.285 e. The summed E-state index contributed by atoms with van der Waals surface area (Å²) >= 11 is 1.44. The molecule has 1 saturated heterocycles. The topological polar surface area (TPSA) is 37.4 Å². The van der Waals surface area contributed by atoms with Crippen molar-refractivity contribution in [3.05, 3.63) is 0 Å². The summed E-state index contributed by atoms with van der Waals surface area (Å²) in [6, 6.07) is 0. The molecule has 3 nitrogen and oxygen atoms in total. The van der Waals surface area contributed by atoms with Crippen molar-refractivity contribution in [2.24, 2.45) is 0 Å². The van der Waals surface area contributed by atoms with Crippen LogP contribution in [-0.4, -0.2) is 35.3 Å². The van der Waals surface area contributed by atoms with E-state index in [1.54, 1.807) is 0 Å². The first kappa shape index (κ1) is 11.5. The molecular formula is C8H15NO2S. The van der Waals surface area contributed by atoms with E-state index in [4.69, 9.17) is 0 Å². The van der Waals surface area contributed by atoms with Gasteiger partial charge in [-0.2, -0.15) is 11.8 Å². The molecule has 4 heteroatoms. The zero-order valence-electron chi connectivity index (χ0n) is 7.96. The molecule has 0 aromatic heterocycles. The highest BCUT2D eigenvalue weighted by Crippen LogP contribution is 2.21. The minimum absolute atomic E-state index is 0.0579. The molecule has 1 aliphatic rings. The van der Waals surface area contributed by atoms with Crippen LogP contribution in [0.3, 0.4) is 0 Å². The number of amides is 2. The Morgan fingerprint density at radius 1 is 1.42 bits per heavy atom. The summed E-state index contributed by atoms with van der Waals surface area (Å²) in [6.45, 7) is 4.00. The molecule has 12 heavy (non-hydrogen) atoms. The summed E-state index contributed by atoms with van der Waals surface area (Å²) in [5.74, 6) is -0.123. The van der Waals surface area contributed by atoms with Gasteiger partial charge in [-0.1, -0.05) is 13.8 Å². The number of likely N-dealkylation sites (tertiary alicyclic amines) is 1. The first-order valence-corrected chi connectivity index (χ1v) is 5.29. The lowest BCUT2D eigenvalue weighted by Gasteiger charge is -2.04. The third-order valence-electron chi connectivity index (χ3n) is 1.62. The number of carbonyl (C=O) groups is 2. The molecule has 1 aliphatic heterocycles. The van der Waals surface area contributed by atoms with E-state index in [2.05, 4.69) is 0 Å². The second-order valence-electron chi connectivity index (χ2n) is 2.22. The fourth-order valence-electron chi connectivity index (χ4n) is 0.906. The van der Waals surface area contributed by atoms with Gasteiger partial charge in [0.15, 0.2) is 0 Å². The molecule has 1 unspecified atom stereocenters. The summed E-state index contributed by atoms with van der Waals surface area (Å²) in [6.07, 6.45) is 2.21. The van der Waals surface area contributed by atoms with Gasteiger partial charge in [-0.15, -0.1) is 0 Å². The Morgan fingerprint density at radius 2 is 1.92 bits per heavy atom. The van der Waals surface area contributed by atoms with Gasteiger partial charge >= 0.3 is 0 Å². The van der Waals surface area contributed by atoms with Crippen molar-refractivity contribution in [2.75, 3.05) is 13.3 Å². The molecule has 70 valence electrons. The van der Waals surface area contributed by atoms with Gasteiger partial charge in [0, 0.05) is 13.5 Å². The third kappa shape index (κ3) is 2.24. The Labute approximate surface area is 77.5 Å². The van der Waals surface area contributed by atoms with Crippen LogP contribution in [0.25, 0.3) is 0 Å². The minimum atomic E-state index is -0.127. The average Bonchev–Trinajstić information content (AvgIpc) is 2.36. The number of imide groups is 1. The van der Waals surface area contributed by atoms with Gasteiger partial charge in [0.05, 0.1) is 5.25 Å². The van der Waals surface area contributed by atoms with Gasteiger partial charge < -0.3 is 0 Å². The van der Waals surface area contributed by atoms with Crippen molar-refractivity contribution >= 4 is 23.6 Å². The lowest BCUT2D eigenvalue weighted by Crippen LogP contribution is -2.26. The standard InChI is InChI=1S/C6H9NO2S.C2H6/c1-7-5(8)3-4(10-2)6(7)9;1-2/h4H,3H2,1-2H3;1-2H3. The van der Waals surface area contributed by atoms with Crippen LogP contribution in [0.15, 0.2) is 0 Å². The van der Waals surface area contributed by atoms with Gasteiger partial charge in [0.2, 0.25) is 11.8 Å². The van der Waals surface area contributed by atoms with E-state index in [1.165, 1.54) is 23.7 Å². The van der Waals surface area contributed by atoms with E-state index in [1.807, 2.05) is 20.1 Å². The number of thioether (sulfide) groups is 1. The van der Waals surface area contributed by atoms with Gasteiger partial charge in [-0.3, -0.25) is 14.5 Å². The second kappa shape index (κ2) is 5.19. The molecule has 1 heterocycles. The Hall–Kier alpha value is -0.510. The zero-order valence-corrected chi connectivity index (χ0v) is 8.77. The lowest BCUT2D eigenvalue weighted by molar-refractivity contribution is -0.136. The molecule has 2 amide bonds. The van der Waals surface area contributed by atoms with Crippen molar-refractivity contribution < 1.29 is 9.59 Å². The average molecular weight is 189 g/mol. The van der Waals surface area contributed by atoms with E-state index in [0.717, 1.165) is 0 Å². The van der Waals surface area contributed by atoms with Gasteiger partial charge in [0.25, 0.3) is 0 Å². The first-order chi connectivity index (χ1) is 5.66. The Balaban J connectivity index is 0.000000561. The molecule has 1 rings (SSSR count). The van der Waals surface area contributed by atoms with Crippen LogP contribution in [0.1, 0.15) is 20.3 Å². The Kier molecular flexibility index (Phi) is 4.97. The SMILES string of the molecule is CC.CSC1CC(=O)N(C)C1=O. The van der Waals surface area contributed by atoms with E-state index >= 15 is 0 Å². The minimum Gasteiger partial charge on any atom is -0.285 e. The van der Waals surface area contributed by atoms with Crippen molar-refractivity contribution in [3.8, 4) is 0 Å². The normalized spacial score (nSPS) is 22.3. The second-order valence-corrected chi connectivity index (χ2v) is 3.26. The Morgan fingerprint density at radius 3 is 2.08 bits per heavy atom. The van der Waals surface area contributed by atoms with Crippen molar-refractivity contribution in [3.63, 3.8) is 0 Å². The fourth-order valence-corrected chi connectivity index (χ4v) is 1.57. The molecule has 0 aromatic carbocycles. The molecule has 0 spiro atoms. The first-order valence-electron chi connectivity index (χ1n) is 4.00. The maximum atomic E-state index is 11.0. The van der Waals surface area contributed by atoms with Crippen LogP contribution in [0.5, 0.6) is 0 Å². The van der Waals surface area contributed by atoms with Gasteiger partial charge in [-0.05, 0) is 6.26 Å². The molecule has 0 aromatic rings. The van der Waals surface area contributed by atoms with Crippen LogP contribution in [-0.2, 0) is 9.59 Å². The summed E-state index contributed by atoms with van der Waals surface area (Å²) in [5, 5.41) is -0.127. The quantitative estimate of drug-likeness (QED) is 0.580. The van der Waals surface area contributed by atoms with Gasteiger partial charge in [0.1, 0.15) is 0 Å². The lowest BCUT2D eigenvalue weighted by atomic mass is 10.4. The molecule has 0 aliphatic carbocycles. The van der Waals surface area contributed by atoms with E-state index < -0.39 is 0 Å². The van der Waals surface area contributed by atoms with Crippen molar-refractivity contribution in [1.82, 2.24) is 4.90 Å². The highest BCUT2D eigenvalue weighted by atomic mass is 32.2. The number of rotatable bonds is 1. The molecule has 0 bridgehead atoms. The molecule has 0 radical (unpaired) electrons. The number of hydrogen-bond acceptors (Lipinski definition) is 3. The number of hydrogen-bond donors (Lipinski definition) is 0. The summed E-state index contributed by atoms with van der Waals surface area (Å²) in [4.78, 5) is 23.1. The van der Waals surface area contributed by atoms with Crippen LogP contribution in [0, 0.1) is 0 Å². The van der Waals surface area contributed by atoms with E-state index in [9.17, 15) is 9.59 Å². The van der Waals surface area contributed by atoms with Gasteiger partial charge in [-0.25, -0.2) is 0 Å². The predicted octanol–water partition coefficient (Wildman–Crippen LogP) is 1.13. The Bertz CT molecular complexity index is 182. The summed E-state index contributed by atoms with van der Waals surface area (Å²) in [5.41, 5.74) is 0. The maximum absolute atomic E-state index is 11.0. The highest BCUT2D eigenvalue weighted by molar-refractivity contribution is 8.00. The molecule has 0 saturated carbocycles. The fraction of sp³-hybridized carbons (Fsp3) is 0.750. The van der Waals surface area contributed by atoms with Crippen LogP contribution < -0.4 is 0 Å². The highest BCUT2D eigenvalue weighted by Gasteiger charge is 2.34. The summed E-state index contributed by atoms with van der Waals surface area (Å²) in [7, 11) is 1.53. The molecular weight excluding hydrogens is 174 g/mol. The molecule has 1 fully saturated rings. The monoisotopic (exact) mass is 189 g/mol. The summed E-state index contributed by atoms with van der Waals surface area (Å²) < 4.78 is 0.